The molecule has 1 aromatic rings. The largest absolute Gasteiger partial charge is 0.273 e. The van der Waals surface area contributed by atoms with Crippen molar-refractivity contribution in [1.82, 2.24) is 5.43 Å². The zero-order chi connectivity index (χ0) is 12.4. The van der Waals surface area contributed by atoms with E-state index in [9.17, 15) is 4.79 Å². The van der Waals surface area contributed by atoms with Gasteiger partial charge < -0.3 is 0 Å². The molecule has 2 rings (SSSR count). The molecule has 3 heteroatoms. The van der Waals surface area contributed by atoms with Crippen molar-refractivity contribution >= 4 is 11.6 Å². The number of carbonyl (C=O) groups is 1. The molecule has 0 heterocycles. The van der Waals surface area contributed by atoms with Crippen molar-refractivity contribution in [2.75, 3.05) is 0 Å². The average molecular weight is 230 g/mol. The molecule has 1 amide bonds. The summed E-state index contributed by atoms with van der Waals surface area (Å²) in [4.78, 5) is 11.5. The Hall–Kier alpha value is -1.64. The summed E-state index contributed by atoms with van der Waals surface area (Å²) in [6, 6.07) is 6.23. The van der Waals surface area contributed by atoms with Crippen molar-refractivity contribution in [3.63, 3.8) is 0 Å². The molecule has 1 saturated carbocycles. The van der Waals surface area contributed by atoms with Gasteiger partial charge >= 0.3 is 0 Å². The third kappa shape index (κ3) is 2.93. The van der Waals surface area contributed by atoms with Gasteiger partial charge in [0.05, 0.1) is 5.71 Å². The Labute approximate surface area is 102 Å². The van der Waals surface area contributed by atoms with Crippen LogP contribution in [0.3, 0.4) is 0 Å². The van der Waals surface area contributed by atoms with E-state index >= 15 is 0 Å². The van der Waals surface area contributed by atoms with Crippen molar-refractivity contribution < 1.29 is 4.79 Å². The lowest BCUT2D eigenvalue weighted by molar-refractivity contribution is -0.122. The van der Waals surface area contributed by atoms with Gasteiger partial charge in [-0.1, -0.05) is 23.8 Å². The topological polar surface area (TPSA) is 41.5 Å². The van der Waals surface area contributed by atoms with Gasteiger partial charge in [0.15, 0.2) is 0 Å². The number of nitrogens with one attached hydrogen (secondary N) is 1. The van der Waals surface area contributed by atoms with Crippen LogP contribution in [-0.4, -0.2) is 11.6 Å². The summed E-state index contributed by atoms with van der Waals surface area (Å²) < 4.78 is 0. The fourth-order valence-electron chi connectivity index (χ4n) is 1.86. The molecule has 0 atom stereocenters. The normalized spacial score (nSPS) is 15.8. The van der Waals surface area contributed by atoms with Gasteiger partial charge in [-0.2, -0.15) is 5.10 Å². The van der Waals surface area contributed by atoms with E-state index in [0.29, 0.717) is 0 Å². The number of amides is 1. The van der Waals surface area contributed by atoms with Gasteiger partial charge in [0.1, 0.15) is 0 Å². The number of hydrazone groups is 1. The van der Waals surface area contributed by atoms with E-state index in [2.05, 4.69) is 36.5 Å². The first kappa shape index (κ1) is 11.8. The highest BCUT2D eigenvalue weighted by molar-refractivity contribution is 6.00. The fraction of sp³-hybridized carbons (Fsp3) is 0.429. The van der Waals surface area contributed by atoms with Gasteiger partial charge in [-0.25, -0.2) is 5.43 Å². The zero-order valence-electron chi connectivity index (χ0n) is 10.6. The molecule has 1 aliphatic rings. The van der Waals surface area contributed by atoms with Crippen LogP contribution >= 0.6 is 0 Å². The third-order valence-corrected chi connectivity index (χ3v) is 3.05. The van der Waals surface area contributed by atoms with Gasteiger partial charge in [-0.15, -0.1) is 0 Å². The summed E-state index contributed by atoms with van der Waals surface area (Å²) in [5, 5.41) is 4.16. The first-order valence-electron chi connectivity index (χ1n) is 5.99. The summed E-state index contributed by atoms with van der Waals surface area (Å²) in [5.41, 5.74) is 7.01. The smallest absolute Gasteiger partial charge is 0.243 e. The molecule has 1 aromatic carbocycles. The Morgan fingerprint density at radius 2 is 2.06 bits per heavy atom. The highest BCUT2D eigenvalue weighted by atomic mass is 16.2. The predicted molar refractivity (Wildman–Crippen MR) is 69.0 cm³/mol. The van der Waals surface area contributed by atoms with E-state index in [1.54, 1.807) is 0 Å². The molecule has 0 spiro atoms. The van der Waals surface area contributed by atoms with Crippen LogP contribution < -0.4 is 5.43 Å². The summed E-state index contributed by atoms with van der Waals surface area (Å²) in [7, 11) is 0. The minimum atomic E-state index is 0.0501. The molecule has 0 unspecified atom stereocenters. The number of aryl methyl sites for hydroxylation is 2. The number of carbonyl (C=O) groups excluding carboxylic acids is 1. The van der Waals surface area contributed by atoms with Crippen LogP contribution in [0.1, 0.15) is 36.5 Å². The maximum Gasteiger partial charge on any atom is 0.243 e. The second kappa shape index (κ2) is 4.70. The molecular weight excluding hydrogens is 212 g/mol. The average Bonchev–Trinajstić information content (AvgIpc) is 3.09. The lowest BCUT2D eigenvalue weighted by Gasteiger charge is -2.06. The number of hydrogen-bond donors (Lipinski definition) is 1. The minimum absolute atomic E-state index is 0.0501. The number of hydrogen-bond acceptors (Lipinski definition) is 2. The van der Waals surface area contributed by atoms with E-state index < -0.39 is 0 Å². The molecule has 0 aliphatic heterocycles. The van der Waals surface area contributed by atoms with Gasteiger partial charge in [0, 0.05) is 11.5 Å². The van der Waals surface area contributed by atoms with Crippen LogP contribution in [0, 0.1) is 19.8 Å². The van der Waals surface area contributed by atoms with Crippen molar-refractivity contribution in [2.24, 2.45) is 11.0 Å². The van der Waals surface area contributed by atoms with E-state index in [1.807, 2.05) is 13.0 Å². The van der Waals surface area contributed by atoms with Crippen LogP contribution in [0.25, 0.3) is 0 Å². The van der Waals surface area contributed by atoms with Gasteiger partial charge in [-0.3, -0.25) is 4.79 Å². The van der Waals surface area contributed by atoms with E-state index in [-0.39, 0.29) is 11.8 Å². The number of nitrogens with zero attached hydrogens (tertiary/aromatic N) is 1. The Balaban J connectivity index is 2.09. The molecule has 17 heavy (non-hydrogen) atoms. The second-order valence-corrected chi connectivity index (χ2v) is 4.77. The Morgan fingerprint density at radius 3 is 2.65 bits per heavy atom. The van der Waals surface area contributed by atoms with Crippen molar-refractivity contribution in [2.45, 2.75) is 33.6 Å². The quantitative estimate of drug-likeness (QED) is 0.629. The third-order valence-electron chi connectivity index (χ3n) is 3.05. The molecule has 0 bridgehead atoms. The Bertz CT molecular complexity index is 473. The van der Waals surface area contributed by atoms with Gasteiger partial charge in [0.25, 0.3) is 0 Å². The highest BCUT2D eigenvalue weighted by Gasteiger charge is 2.29. The first-order chi connectivity index (χ1) is 8.08. The summed E-state index contributed by atoms with van der Waals surface area (Å²) in [5.74, 6) is 0.250. The standard InChI is InChI=1S/C14H18N2O/c1-9-4-7-13(10(2)8-9)11(3)15-16-14(17)12-5-6-12/h4,7-8,12H,5-6H2,1-3H3,(H,16,17)/b15-11-. The van der Waals surface area contributed by atoms with E-state index in [0.717, 1.165) is 24.1 Å². The molecule has 3 nitrogen and oxygen atoms in total. The van der Waals surface area contributed by atoms with E-state index in [4.69, 9.17) is 0 Å². The number of rotatable bonds is 3. The summed E-state index contributed by atoms with van der Waals surface area (Å²) >= 11 is 0. The fourth-order valence-corrected chi connectivity index (χ4v) is 1.86. The summed E-state index contributed by atoms with van der Waals surface area (Å²) in [6.07, 6.45) is 2.01. The molecule has 1 N–H and O–H groups in total. The van der Waals surface area contributed by atoms with Crippen LogP contribution in [0.15, 0.2) is 23.3 Å². The minimum Gasteiger partial charge on any atom is -0.273 e. The molecule has 0 aromatic heterocycles. The molecule has 90 valence electrons. The first-order valence-corrected chi connectivity index (χ1v) is 5.99. The van der Waals surface area contributed by atoms with Crippen LogP contribution in [-0.2, 0) is 4.79 Å². The van der Waals surface area contributed by atoms with Crippen LogP contribution in [0.4, 0.5) is 0 Å². The monoisotopic (exact) mass is 230 g/mol. The molecule has 0 saturated heterocycles. The molecule has 1 aliphatic carbocycles. The zero-order valence-corrected chi connectivity index (χ0v) is 10.6. The van der Waals surface area contributed by atoms with Crippen molar-refractivity contribution in [3.05, 3.63) is 34.9 Å². The van der Waals surface area contributed by atoms with Gasteiger partial charge in [-0.05, 0) is 39.2 Å². The van der Waals surface area contributed by atoms with E-state index in [1.165, 1.54) is 11.1 Å². The Morgan fingerprint density at radius 1 is 1.35 bits per heavy atom. The maximum absolute atomic E-state index is 11.5. The van der Waals surface area contributed by atoms with Crippen LogP contribution in [0.5, 0.6) is 0 Å². The molecular formula is C14H18N2O. The SMILES string of the molecule is C/C(=N/NC(=O)C1CC1)c1ccc(C)cc1C. The predicted octanol–water partition coefficient (Wildman–Crippen LogP) is 2.55. The Kier molecular flexibility index (Phi) is 3.27. The lowest BCUT2D eigenvalue weighted by atomic mass is 10.0. The summed E-state index contributed by atoms with van der Waals surface area (Å²) in [6.45, 7) is 6.05. The second-order valence-electron chi connectivity index (χ2n) is 4.77. The van der Waals surface area contributed by atoms with Crippen molar-refractivity contribution in [1.29, 1.82) is 0 Å². The maximum atomic E-state index is 11.5. The van der Waals surface area contributed by atoms with Crippen LogP contribution in [0.2, 0.25) is 0 Å². The lowest BCUT2D eigenvalue weighted by Crippen LogP contribution is -2.20. The number of benzene rings is 1. The molecule has 1 fully saturated rings. The van der Waals surface area contributed by atoms with Crippen molar-refractivity contribution in [3.8, 4) is 0 Å². The highest BCUT2D eigenvalue weighted by Crippen LogP contribution is 2.28. The van der Waals surface area contributed by atoms with Gasteiger partial charge in [0.2, 0.25) is 5.91 Å². The molecule has 0 radical (unpaired) electrons.